The molecule has 4 aromatic rings. The van der Waals surface area contributed by atoms with Crippen LogP contribution in [-0.2, 0) is 11.3 Å². The summed E-state index contributed by atoms with van der Waals surface area (Å²) < 4.78 is 5.74. The molecule has 2 fully saturated rings. The van der Waals surface area contributed by atoms with Gasteiger partial charge in [-0.2, -0.15) is 0 Å². The molecule has 6 heterocycles. The SMILES string of the molecule is CSNC1(C(=O)N2CCC(n3c(-c4ccccn4)nc4cccnc43)CC2)CCN(Cc2cnc(N)nc2)CC1. The number of nitrogen functional groups attached to an aromatic ring is 1. The van der Waals surface area contributed by atoms with Gasteiger partial charge in [0.15, 0.2) is 11.5 Å². The fraction of sp³-hybridized carbons (Fsp3) is 0.429. The van der Waals surface area contributed by atoms with Gasteiger partial charge in [-0.3, -0.25) is 14.7 Å². The van der Waals surface area contributed by atoms with Crippen molar-refractivity contribution in [2.75, 3.05) is 38.2 Å². The Labute approximate surface area is 237 Å². The zero-order valence-corrected chi connectivity index (χ0v) is 23.4. The van der Waals surface area contributed by atoms with Crippen molar-refractivity contribution in [3.8, 4) is 11.5 Å². The van der Waals surface area contributed by atoms with Gasteiger partial charge in [-0.05, 0) is 56.2 Å². The minimum Gasteiger partial charge on any atom is -0.368 e. The van der Waals surface area contributed by atoms with Crippen molar-refractivity contribution in [3.63, 3.8) is 0 Å². The minimum absolute atomic E-state index is 0.189. The van der Waals surface area contributed by atoms with E-state index in [0.717, 1.165) is 73.6 Å². The summed E-state index contributed by atoms with van der Waals surface area (Å²) in [5, 5.41) is 0. The van der Waals surface area contributed by atoms with E-state index >= 15 is 0 Å². The van der Waals surface area contributed by atoms with E-state index in [-0.39, 0.29) is 17.9 Å². The van der Waals surface area contributed by atoms with Crippen LogP contribution in [0, 0.1) is 0 Å². The third-order valence-electron chi connectivity index (χ3n) is 8.01. The first-order valence-corrected chi connectivity index (χ1v) is 14.9. The second kappa shape index (κ2) is 11.5. The Morgan fingerprint density at radius 2 is 1.77 bits per heavy atom. The molecule has 0 saturated carbocycles. The summed E-state index contributed by atoms with van der Waals surface area (Å²) in [6.45, 7) is 3.78. The Balaban J connectivity index is 1.15. The quantitative estimate of drug-likeness (QED) is 0.326. The molecule has 2 aliphatic heterocycles. The number of imidazole rings is 1. The number of amides is 1. The molecule has 0 radical (unpaired) electrons. The molecule has 208 valence electrons. The lowest BCUT2D eigenvalue weighted by molar-refractivity contribution is -0.141. The maximum absolute atomic E-state index is 14.0. The number of carbonyl (C=O) groups is 1. The zero-order chi connectivity index (χ0) is 27.5. The number of likely N-dealkylation sites (tertiary alicyclic amines) is 2. The van der Waals surface area contributed by atoms with E-state index in [4.69, 9.17) is 10.7 Å². The van der Waals surface area contributed by atoms with Gasteiger partial charge < -0.3 is 15.2 Å². The second-order valence-corrected chi connectivity index (χ2v) is 11.1. The summed E-state index contributed by atoms with van der Waals surface area (Å²) in [5.41, 5.74) is 8.65. The third kappa shape index (κ3) is 5.26. The summed E-state index contributed by atoms with van der Waals surface area (Å²) in [4.78, 5) is 40.8. The maximum atomic E-state index is 14.0. The van der Waals surface area contributed by atoms with Crippen molar-refractivity contribution in [1.29, 1.82) is 0 Å². The predicted molar refractivity (Wildman–Crippen MR) is 156 cm³/mol. The number of rotatable bonds is 7. The largest absolute Gasteiger partial charge is 0.368 e. The average molecular weight is 559 g/mol. The Kier molecular flexibility index (Phi) is 7.63. The lowest BCUT2D eigenvalue weighted by Crippen LogP contribution is -2.61. The van der Waals surface area contributed by atoms with Crippen LogP contribution in [0.2, 0.25) is 0 Å². The highest BCUT2D eigenvalue weighted by Crippen LogP contribution is 2.34. The van der Waals surface area contributed by atoms with E-state index < -0.39 is 5.54 Å². The van der Waals surface area contributed by atoms with Gasteiger partial charge in [0.1, 0.15) is 16.7 Å². The number of piperidine rings is 2. The fourth-order valence-corrected chi connectivity index (χ4v) is 6.62. The number of nitrogens with zero attached hydrogens (tertiary/aromatic N) is 8. The number of nitrogens with two attached hydrogens (primary N) is 1. The van der Waals surface area contributed by atoms with Crippen molar-refractivity contribution < 1.29 is 4.79 Å². The number of pyridine rings is 2. The molecule has 0 spiro atoms. The van der Waals surface area contributed by atoms with E-state index in [0.29, 0.717) is 13.1 Å². The van der Waals surface area contributed by atoms with Crippen LogP contribution in [0.5, 0.6) is 0 Å². The lowest BCUT2D eigenvalue weighted by Gasteiger charge is -2.44. The van der Waals surface area contributed by atoms with Crippen molar-refractivity contribution in [3.05, 3.63) is 60.7 Å². The Bertz CT molecular complexity index is 1450. The maximum Gasteiger partial charge on any atom is 0.243 e. The summed E-state index contributed by atoms with van der Waals surface area (Å²) in [6.07, 6.45) is 12.3. The van der Waals surface area contributed by atoms with E-state index in [9.17, 15) is 4.79 Å². The third-order valence-corrected chi connectivity index (χ3v) is 8.60. The number of nitrogens with one attached hydrogen (secondary N) is 1. The van der Waals surface area contributed by atoms with Gasteiger partial charge in [-0.1, -0.05) is 18.0 Å². The highest BCUT2D eigenvalue weighted by molar-refractivity contribution is 7.96. The molecule has 3 N–H and O–H groups in total. The molecule has 2 saturated heterocycles. The van der Waals surface area contributed by atoms with Gasteiger partial charge in [0.25, 0.3) is 0 Å². The van der Waals surface area contributed by atoms with Crippen LogP contribution in [0.3, 0.4) is 0 Å². The Morgan fingerprint density at radius 1 is 1.02 bits per heavy atom. The molecule has 0 bridgehead atoms. The summed E-state index contributed by atoms with van der Waals surface area (Å²) in [5.74, 6) is 1.32. The molecule has 11 nitrogen and oxygen atoms in total. The second-order valence-electron chi connectivity index (χ2n) is 10.5. The molecule has 6 rings (SSSR count). The highest BCUT2D eigenvalue weighted by atomic mass is 32.2. The first-order valence-electron chi connectivity index (χ1n) is 13.7. The first kappa shape index (κ1) is 26.6. The lowest BCUT2D eigenvalue weighted by atomic mass is 9.86. The van der Waals surface area contributed by atoms with Gasteiger partial charge >= 0.3 is 0 Å². The molecule has 4 aromatic heterocycles. The molecule has 40 heavy (non-hydrogen) atoms. The minimum atomic E-state index is -0.567. The summed E-state index contributed by atoms with van der Waals surface area (Å²) >= 11 is 1.53. The molecule has 0 aliphatic carbocycles. The Hall–Kier alpha value is -3.61. The molecule has 0 unspecified atom stereocenters. The molecular weight excluding hydrogens is 524 g/mol. The molecule has 1 amide bonds. The average Bonchev–Trinajstić information content (AvgIpc) is 3.39. The fourth-order valence-electron chi connectivity index (χ4n) is 5.93. The van der Waals surface area contributed by atoms with Crippen LogP contribution >= 0.6 is 11.9 Å². The molecule has 12 heteroatoms. The predicted octanol–water partition coefficient (Wildman–Crippen LogP) is 2.93. The van der Waals surface area contributed by atoms with Gasteiger partial charge in [-0.15, -0.1) is 0 Å². The number of aromatic nitrogens is 6. The monoisotopic (exact) mass is 558 g/mol. The number of hydrogen-bond donors (Lipinski definition) is 2. The van der Waals surface area contributed by atoms with Gasteiger partial charge in [0.05, 0.1) is 0 Å². The molecule has 2 aliphatic rings. The summed E-state index contributed by atoms with van der Waals surface area (Å²) in [7, 11) is 0. The number of carbonyl (C=O) groups excluding carboxylic acids is 1. The van der Waals surface area contributed by atoms with E-state index in [1.54, 1.807) is 18.6 Å². The highest BCUT2D eigenvalue weighted by Gasteiger charge is 2.44. The van der Waals surface area contributed by atoms with Crippen LogP contribution < -0.4 is 10.5 Å². The van der Waals surface area contributed by atoms with Crippen LogP contribution in [-0.4, -0.2) is 83.2 Å². The van der Waals surface area contributed by atoms with Gasteiger partial charge in [0, 0.05) is 69.1 Å². The first-order chi connectivity index (χ1) is 19.6. The topological polar surface area (TPSA) is 131 Å². The molecule has 0 aromatic carbocycles. The summed E-state index contributed by atoms with van der Waals surface area (Å²) in [6, 6.07) is 9.97. The van der Waals surface area contributed by atoms with Crippen LogP contribution in [0.25, 0.3) is 22.7 Å². The van der Waals surface area contributed by atoms with Crippen LogP contribution in [0.15, 0.2) is 55.1 Å². The standard InChI is InChI=1S/C28H34N10OS/c1-40-35-28(9-15-36(16-10-28)19-20-17-32-27(29)33-18-20)26(39)37-13-7-21(8-14-37)38-24-23(6-4-12-31-24)34-25(38)22-5-2-3-11-30-22/h2-6,11-12,17-18,21,35H,7-10,13-16,19H2,1H3,(H2,29,32,33). The van der Waals surface area contributed by atoms with Crippen LogP contribution in [0.1, 0.15) is 37.3 Å². The van der Waals surface area contributed by atoms with Gasteiger partial charge in [-0.25, -0.2) is 24.7 Å². The van der Waals surface area contributed by atoms with E-state index in [2.05, 4.69) is 39.0 Å². The van der Waals surface area contributed by atoms with Crippen molar-refractivity contribution >= 4 is 35.0 Å². The number of fused-ring (bicyclic) bond motifs is 1. The van der Waals surface area contributed by atoms with Crippen molar-refractivity contribution in [1.82, 2.24) is 44.0 Å². The smallest absolute Gasteiger partial charge is 0.243 e. The molecular formula is C28H34N10OS. The van der Waals surface area contributed by atoms with E-state index in [1.807, 2.05) is 42.8 Å². The van der Waals surface area contributed by atoms with Crippen molar-refractivity contribution in [2.24, 2.45) is 0 Å². The van der Waals surface area contributed by atoms with E-state index in [1.165, 1.54) is 11.9 Å². The number of anilines is 1. The Morgan fingerprint density at radius 3 is 2.48 bits per heavy atom. The van der Waals surface area contributed by atoms with Crippen molar-refractivity contribution in [2.45, 2.75) is 43.8 Å². The zero-order valence-electron chi connectivity index (χ0n) is 22.6. The van der Waals surface area contributed by atoms with Gasteiger partial charge in [0.2, 0.25) is 11.9 Å². The number of hydrogen-bond acceptors (Lipinski definition) is 10. The molecule has 0 atom stereocenters. The van der Waals surface area contributed by atoms with Crippen LogP contribution in [0.4, 0.5) is 5.95 Å². The normalized spacial score (nSPS) is 18.3.